The third-order valence-corrected chi connectivity index (χ3v) is 7.60. The van der Waals surface area contributed by atoms with Crippen molar-refractivity contribution in [3.8, 4) is 5.69 Å². The van der Waals surface area contributed by atoms with Crippen LogP contribution in [0.3, 0.4) is 0 Å². The fourth-order valence-corrected chi connectivity index (χ4v) is 4.94. The van der Waals surface area contributed by atoms with Gasteiger partial charge in [0.1, 0.15) is 0 Å². The Labute approximate surface area is 201 Å². The maximum absolute atomic E-state index is 6.23. The lowest BCUT2D eigenvalue weighted by atomic mass is 9.70. The molecule has 0 spiro atoms. The van der Waals surface area contributed by atoms with E-state index in [0.29, 0.717) is 6.54 Å². The van der Waals surface area contributed by atoms with Crippen molar-refractivity contribution in [3.05, 3.63) is 90.5 Å². The quantitative estimate of drug-likeness (QED) is 0.331. The van der Waals surface area contributed by atoms with Crippen LogP contribution in [0.15, 0.2) is 89.9 Å². The molecule has 0 radical (unpaired) electrons. The van der Waals surface area contributed by atoms with Gasteiger partial charge in [0.15, 0.2) is 0 Å². The molecule has 0 amide bonds. The van der Waals surface area contributed by atoms with Crippen LogP contribution in [-0.2, 0) is 9.31 Å². The zero-order valence-electron chi connectivity index (χ0n) is 20.2. The van der Waals surface area contributed by atoms with Crippen molar-refractivity contribution in [2.24, 2.45) is 4.99 Å². The molecule has 1 atom stereocenters. The van der Waals surface area contributed by atoms with E-state index in [4.69, 9.17) is 14.3 Å². The molecule has 4 aromatic rings. The van der Waals surface area contributed by atoms with Crippen molar-refractivity contribution in [1.29, 1.82) is 0 Å². The van der Waals surface area contributed by atoms with Crippen molar-refractivity contribution in [2.45, 2.75) is 44.7 Å². The highest BCUT2D eigenvalue weighted by molar-refractivity contribution is 6.48. The molecule has 0 bridgehead atoms. The fraction of sp³-hybridized carbons (Fsp3) is 0.276. The van der Waals surface area contributed by atoms with Gasteiger partial charge in [-0.1, -0.05) is 54.6 Å². The van der Waals surface area contributed by atoms with E-state index in [-0.39, 0.29) is 24.1 Å². The number of allylic oxidation sites excluding steroid dienone is 1. The van der Waals surface area contributed by atoms with E-state index < -0.39 is 0 Å². The first-order valence-electron chi connectivity index (χ1n) is 12.0. The van der Waals surface area contributed by atoms with Crippen LogP contribution in [0.2, 0.25) is 5.82 Å². The third kappa shape index (κ3) is 3.34. The van der Waals surface area contributed by atoms with Gasteiger partial charge in [0.05, 0.1) is 27.9 Å². The van der Waals surface area contributed by atoms with Crippen molar-refractivity contribution >= 4 is 34.6 Å². The highest BCUT2D eigenvalue weighted by Crippen LogP contribution is 2.41. The Hall–Kier alpha value is -3.15. The van der Waals surface area contributed by atoms with Crippen molar-refractivity contribution in [3.63, 3.8) is 0 Å². The molecule has 2 aliphatic rings. The molecule has 3 aromatic carbocycles. The van der Waals surface area contributed by atoms with Crippen LogP contribution in [0, 0.1) is 0 Å². The van der Waals surface area contributed by atoms with E-state index in [2.05, 4.69) is 117 Å². The number of fused-ring (bicyclic) bond motifs is 3. The molecule has 0 N–H and O–H groups in total. The van der Waals surface area contributed by atoms with Crippen LogP contribution in [0.4, 0.5) is 0 Å². The lowest BCUT2D eigenvalue weighted by Gasteiger charge is -2.32. The second-order valence-electron chi connectivity index (χ2n) is 10.3. The Morgan fingerprint density at radius 1 is 0.794 bits per heavy atom. The molecule has 5 heteroatoms. The van der Waals surface area contributed by atoms with Gasteiger partial charge in [-0.2, -0.15) is 0 Å². The number of aromatic nitrogens is 1. The third-order valence-electron chi connectivity index (χ3n) is 7.60. The first-order valence-corrected chi connectivity index (χ1v) is 12.0. The smallest absolute Gasteiger partial charge is 0.403 e. The van der Waals surface area contributed by atoms with E-state index in [1.807, 2.05) is 0 Å². The zero-order chi connectivity index (χ0) is 23.5. The minimum Gasteiger partial charge on any atom is -0.403 e. The number of benzene rings is 3. The summed E-state index contributed by atoms with van der Waals surface area (Å²) < 4.78 is 14.8. The fourth-order valence-electron chi connectivity index (χ4n) is 4.94. The number of rotatable bonds is 3. The Morgan fingerprint density at radius 2 is 1.35 bits per heavy atom. The first-order chi connectivity index (χ1) is 16.3. The number of aliphatic imine (C=N–C) groups is 1. The van der Waals surface area contributed by atoms with Gasteiger partial charge in [0.2, 0.25) is 0 Å². The Kier molecular flexibility index (Phi) is 4.84. The Bertz CT molecular complexity index is 1380. The summed E-state index contributed by atoms with van der Waals surface area (Å²) in [5, 5.41) is 2.55. The molecular weight excluding hydrogens is 419 g/mol. The van der Waals surface area contributed by atoms with E-state index in [1.165, 1.54) is 21.8 Å². The standard InChI is InChI=1S/C29H29BN2O2/c1-28(2)29(3,4)34-30(33-28)21-15-18-25(31-19-21)20-13-16-22(17-14-20)32-26-11-7-5-9-23(26)24-10-6-8-12-27(24)32/h5-18,21H,19H2,1-4H3. The van der Waals surface area contributed by atoms with Gasteiger partial charge in [-0.3, -0.25) is 4.99 Å². The Morgan fingerprint density at radius 3 is 1.88 bits per heavy atom. The number of hydrogen-bond donors (Lipinski definition) is 0. The summed E-state index contributed by atoms with van der Waals surface area (Å²) in [5.41, 5.74) is 5.07. The number of nitrogens with zero attached hydrogens (tertiary/aromatic N) is 2. The van der Waals surface area contributed by atoms with Gasteiger partial charge in [-0.05, 0) is 63.6 Å². The van der Waals surface area contributed by atoms with Crippen molar-refractivity contribution < 1.29 is 9.31 Å². The summed E-state index contributed by atoms with van der Waals surface area (Å²) in [5.74, 6) is 0.127. The summed E-state index contributed by atoms with van der Waals surface area (Å²) in [6, 6.07) is 25.9. The lowest BCUT2D eigenvalue weighted by Crippen LogP contribution is -2.41. The van der Waals surface area contributed by atoms with Crippen LogP contribution in [0.5, 0.6) is 0 Å². The van der Waals surface area contributed by atoms with E-state index >= 15 is 0 Å². The minimum absolute atomic E-state index is 0.127. The Balaban J connectivity index is 1.26. The molecule has 1 aromatic heterocycles. The van der Waals surface area contributed by atoms with Gasteiger partial charge in [-0.15, -0.1) is 0 Å². The molecule has 1 unspecified atom stereocenters. The number of dihydropyridines is 1. The van der Waals surface area contributed by atoms with Crippen LogP contribution in [0.25, 0.3) is 27.5 Å². The van der Waals surface area contributed by atoms with E-state index in [1.54, 1.807) is 0 Å². The summed E-state index contributed by atoms with van der Waals surface area (Å²) >= 11 is 0. The summed E-state index contributed by atoms with van der Waals surface area (Å²) in [6.07, 6.45) is 4.29. The average molecular weight is 448 g/mol. The van der Waals surface area contributed by atoms with Crippen molar-refractivity contribution in [2.75, 3.05) is 6.54 Å². The molecule has 4 nitrogen and oxygen atoms in total. The lowest BCUT2D eigenvalue weighted by molar-refractivity contribution is 0.00578. The second kappa shape index (κ2) is 7.69. The largest absolute Gasteiger partial charge is 0.467 e. The second-order valence-corrected chi connectivity index (χ2v) is 10.3. The zero-order valence-corrected chi connectivity index (χ0v) is 20.2. The molecule has 1 saturated heterocycles. The molecule has 3 heterocycles. The molecule has 0 aliphatic carbocycles. The van der Waals surface area contributed by atoms with Gasteiger partial charge in [0, 0.05) is 28.8 Å². The molecule has 6 rings (SSSR count). The molecule has 0 saturated carbocycles. The predicted molar refractivity (Wildman–Crippen MR) is 141 cm³/mol. The van der Waals surface area contributed by atoms with Gasteiger partial charge in [-0.25, -0.2) is 0 Å². The van der Waals surface area contributed by atoms with Gasteiger partial charge in [0.25, 0.3) is 0 Å². The predicted octanol–water partition coefficient (Wildman–Crippen LogP) is 6.61. The molecule has 1 fully saturated rings. The van der Waals surface area contributed by atoms with E-state index in [0.717, 1.165) is 17.0 Å². The maximum atomic E-state index is 6.23. The number of hydrogen-bond acceptors (Lipinski definition) is 3. The minimum atomic E-state index is -0.321. The normalized spacial score (nSPS) is 21.4. The van der Waals surface area contributed by atoms with Crippen LogP contribution in [-0.4, -0.2) is 35.1 Å². The average Bonchev–Trinajstić information content (AvgIpc) is 3.29. The molecule has 170 valence electrons. The topological polar surface area (TPSA) is 35.8 Å². The maximum Gasteiger partial charge on any atom is 0.467 e. The molecule has 34 heavy (non-hydrogen) atoms. The molecule has 2 aliphatic heterocycles. The van der Waals surface area contributed by atoms with Crippen LogP contribution < -0.4 is 0 Å². The van der Waals surface area contributed by atoms with Crippen LogP contribution >= 0.6 is 0 Å². The summed E-state index contributed by atoms with van der Waals surface area (Å²) in [6.45, 7) is 9.02. The number of para-hydroxylation sites is 2. The highest BCUT2D eigenvalue weighted by atomic mass is 16.7. The SMILES string of the molecule is CC1(C)OB(C2C=CC(c3ccc(-n4c5ccccc5c5ccccc54)cc3)=NC2)OC1(C)C. The van der Waals surface area contributed by atoms with Gasteiger partial charge >= 0.3 is 7.12 Å². The monoisotopic (exact) mass is 448 g/mol. The van der Waals surface area contributed by atoms with Crippen LogP contribution in [0.1, 0.15) is 33.3 Å². The summed E-state index contributed by atoms with van der Waals surface area (Å²) in [4.78, 5) is 4.88. The first kappa shape index (κ1) is 21.4. The summed E-state index contributed by atoms with van der Waals surface area (Å²) in [7, 11) is -0.260. The van der Waals surface area contributed by atoms with Crippen molar-refractivity contribution in [1.82, 2.24) is 4.57 Å². The van der Waals surface area contributed by atoms with Gasteiger partial charge < -0.3 is 13.9 Å². The highest BCUT2D eigenvalue weighted by Gasteiger charge is 2.53. The van der Waals surface area contributed by atoms with E-state index in [9.17, 15) is 0 Å². The molecular formula is C29H29BN2O2.